The summed E-state index contributed by atoms with van der Waals surface area (Å²) in [4.78, 5) is 37.7. The van der Waals surface area contributed by atoms with E-state index in [0.29, 0.717) is 31.6 Å². The van der Waals surface area contributed by atoms with E-state index in [9.17, 15) is 14.4 Å². The van der Waals surface area contributed by atoms with Gasteiger partial charge in [-0.15, -0.1) is 0 Å². The number of methoxy groups -OCH3 is 1. The number of piperidine rings is 1. The summed E-state index contributed by atoms with van der Waals surface area (Å²) in [7, 11) is 1.26. The van der Waals surface area contributed by atoms with E-state index in [1.54, 1.807) is 18.2 Å². The van der Waals surface area contributed by atoms with Gasteiger partial charge in [-0.05, 0) is 25.0 Å². The lowest BCUT2D eigenvalue weighted by molar-refractivity contribution is -0.142. The molecule has 0 saturated carbocycles. The number of carboxylic acids is 1. The van der Waals surface area contributed by atoms with Crippen LogP contribution in [0.25, 0.3) is 5.69 Å². The van der Waals surface area contributed by atoms with Crippen LogP contribution in [0.4, 0.5) is 5.69 Å². The van der Waals surface area contributed by atoms with Crippen LogP contribution in [0.5, 0.6) is 0 Å². The zero-order valence-electron chi connectivity index (χ0n) is 14.6. The first-order valence-electron chi connectivity index (χ1n) is 8.37. The molecular formula is C18H18ClN3O5. The lowest BCUT2D eigenvalue weighted by Gasteiger charge is -2.32. The highest BCUT2D eigenvalue weighted by atomic mass is 35.5. The zero-order chi connectivity index (χ0) is 19.6. The van der Waals surface area contributed by atoms with Gasteiger partial charge >= 0.3 is 11.9 Å². The van der Waals surface area contributed by atoms with Crippen LogP contribution in [0.1, 0.15) is 23.2 Å². The Morgan fingerprint density at radius 2 is 1.89 bits per heavy atom. The standard InChI is InChI=1S/C18H18ClN3O5/c1-27-18(26)12-4-2-3-5-13(12)22-16(23)15(19)14(10-20-22)21-8-6-11(7-9-21)17(24)25/h2-5,10-11H,6-9H2,1H3,(H,24,25). The summed E-state index contributed by atoms with van der Waals surface area (Å²) in [6, 6.07) is 6.44. The van der Waals surface area contributed by atoms with Crippen LogP contribution in [-0.2, 0) is 9.53 Å². The Kier molecular flexibility index (Phi) is 5.46. The van der Waals surface area contributed by atoms with Gasteiger partial charge in [0.05, 0.1) is 36.2 Å². The van der Waals surface area contributed by atoms with Crippen LogP contribution in [0.2, 0.25) is 5.02 Å². The average molecular weight is 392 g/mol. The van der Waals surface area contributed by atoms with Crippen molar-refractivity contribution in [2.45, 2.75) is 12.8 Å². The minimum atomic E-state index is -0.811. The molecule has 1 fully saturated rings. The predicted octanol–water partition coefficient (Wildman–Crippen LogP) is 1.97. The summed E-state index contributed by atoms with van der Waals surface area (Å²) in [6.07, 6.45) is 2.40. The fourth-order valence-electron chi connectivity index (χ4n) is 3.12. The van der Waals surface area contributed by atoms with Crippen molar-refractivity contribution in [2.75, 3.05) is 25.1 Å². The van der Waals surface area contributed by atoms with Crippen LogP contribution in [0, 0.1) is 5.92 Å². The van der Waals surface area contributed by atoms with Crippen LogP contribution in [-0.4, -0.2) is 47.0 Å². The Balaban J connectivity index is 1.95. The van der Waals surface area contributed by atoms with E-state index in [1.165, 1.54) is 19.4 Å². The second-order valence-electron chi connectivity index (χ2n) is 6.17. The number of nitrogens with zero attached hydrogens (tertiary/aromatic N) is 3. The number of carboxylic acid groups (broad SMARTS) is 1. The van der Waals surface area contributed by atoms with E-state index in [1.807, 2.05) is 4.90 Å². The number of halogens is 1. The SMILES string of the molecule is COC(=O)c1ccccc1-n1ncc(N2CCC(C(=O)O)CC2)c(Cl)c1=O. The number of esters is 1. The van der Waals surface area contributed by atoms with Gasteiger partial charge < -0.3 is 14.7 Å². The number of rotatable bonds is 4. The third kappa shape index (κ3) is 3.66. The summed E-state index contributed by atoms with van der Waals surface area (Å²) >= 11 is 6.30. The van der Waals surface area contributed by atoms with Gasteiger partial charge in [-0.1, -0.05) is 23.7 Å². The van der Waals surface area contributed by atoms with Gasteiger partial charge in [0.1, 0.15) is 5.02 Å². The van der Waals surface area contributed by atoms with E-state index >= 15 is 0 Å². The summed E-state index contributed by atoms with van der Waals surface area (Å²) in [6.45, 7) is 0.946. The summed E-state index contributed by atoms with van der Waals surface area (Å²) < 4.78 is 5.80. The molecule has 1 N–H and O–H groups in total. The Labute approximate surface area is 159 Å². The van der Waals surface area contributed by atoms with Crippen LogP contribution in [0.3, 0.4) is 0 Å². The normalized spacial score (nSPS) is 14.8. The van der Waals surface area contributed by atoms with Crippen LogP contribution < -0.4 is 10.5 Å². The zero-order valence-corrected chi connectivity index (χ0v) is 15.3. The third-order valence-corrected chi connectivity index (χ3v) is 4.98. The number of anilines is 1. The fourth-order valence-corrected chi connectivity index (χ4v) is 3.37. The number of aliphatic carboxylic acids is 1. The molecule has 0 radical (unpaired) electrons. The summed E-state index contributed by atoms with van der Waals surface area (Å²) in [5.74, 6) is -1.79. The molecule has 0 amide bonds. The number of hydrogen-bond acceptors (Lipinski definition) is 6. The molecule has 9 heteroatoms. The van der Waals surface area contributed by atoms with Gasteiger partial charge in [0.2, 0.25) is 0 Å². The molecule has 8 nitrogen and oxygen atoms in total. The van der Waals surface area contributed by atoms with Crippen LogP contribution >= 0.6 is 11.6 Å². The predicted molar refractivity (Wildman–Crippen MR) is 98.8 cm³/mol. The number of aromatic nitrogens is 2. The van der Waals surface area contributed by atoms with Crippen molar-refractivity contribution >= 4 is 29.2 Å². The van der Waals surface area contributed by atoms with Gasteiger partial charge in [-0.3, -0.25) is 9.59 Å². The molecule has 27 heavy (non-hydrogen) atoms. The Hall–Kier alpha value is -2.87. The van der Waals surface area contributed by atoms with Gasteiger partial charge in [-0.2, -0.15) is 9.78 Å². The monoisotopic (exact) mass is 391 g/mol. The van der Waals surface area contributed by atoms with Gasteiger partial charge in [0.15, 0.2) is 0 Å². The maximum atomic E-state index is 12.8. The molecule has 1 aliphatic heterocycles. The highest BCUT2D eigenvalue weighted by molar-refractivity contribution is 6.33. The number of ether oxygens (including phenoxy) is 1. The second-order valence-corrected chi connectivity index (χ2v) is 6.55. The quantitative estimate of drug-likeness (QED) is 0.795. The molecular weight excluding hydrogens is 374 g/mol. The van der Waals surface area contributed by atoms with Crippen LogP contribution in [0.15, 0.2) is 35.3 Å². The Morgan fingerprint density at radius 3 is 2.52 bits per heavy atom. The molecule has 1 aromatic carbocycles. The highest BCUT2D eigenvalue weighted by Crippen LogP contribution is 2.27. The molecule has 2 heterocycles. The molecule has 142 valence electrons. The lowest BCUT2D eigenvalue weighted by atomic mass is 9.97. The summed E-state index contributed by atoms with van der Waals surface area (Å²) in [5.41, 5.74) is 0.358. The molecule has 0 atom stereocenters. The first-order valence-corrected chi connectivity index (χ1v) is 8.75. The van der Waals surface area contributed by atoms with E-state index in [2.05, 4.69) is 5.10 Å². The van der Waals surface area contributed by atoms with Crippen molar-refractivity contribution in [1.29, 1.82) is 0 Å². The average Bonchev–Trinajstić information content (AvgIpc) is 2.69. The molecule has 2 aromatic rings. The van der Waals surface area contributed by atoms with Crippen molar-refractivity contribution in [3.05, 3.63) is 51.4 Å². The minimum absolute atomic E-state index is 0.0292. The first kappa shape index (κ1) is 18.9. The van der Waals surface area contributed by atoms with Crippen molar-refractivity contribution in [3.8, 4) is 5.69 Å². The molecule has 0 bridgehead atoms. The maximum Gasteiger partial charge on any atom is 0.340 e. The number of benzene rings is 1. The fraction of sp³-hybridized carbons (Fsp3) is 0.333. The van der Waals surface area contributed by atoms with Crippen molar-refractivity contribution in [1.82, 2.24) is 9.78 Å². The Bertz CT molecular complexity index is 935. The van der Waals surface area contributed by atoms with Gasteiger partial charge in [0.25, 0.3) is 5.56 Å². The first-order chi connectivity index (χ1) is 12.9. The number of carbonyl (C=O) groups excluding carboxylic acids is 1. The smallest absolute Gasteiger partial charge is 0.340 e. The summed E-state index contributed by atoms with van der Waals surface area (Å²) in [5, 5.41) is 13.2. The molecule has 0 spiro atoms. The van der Waals surface area contributed by atoms with E-state index < -0.39 is 17.5 Å². The topological polar surface area (TPSA) is 102 Å². The number of para-hydroxylation sites is 1. The maximum absolute atomic E-state index is 12.8. The molecule has 0 unspecified atom stereocenters. The molecule has 1 saturated heterocycles. The molecule has 1 aliphatic rings. The van der Waals surface area contributed by atoms with Gasteiger partial charge in [0, 0.05) is 13.1 Å². The highest BCUT2D eigenvalue weighted by Gasteiger charge is 2.27. The largest absolute Gasteiger partial charge is 0.481 e. The minimum Gasteiger partial charge on any atom is -0.481 e. The van der Waals surface area contributed by atoms with E-state index in [4.69, 9.17) is 21.4 Å². The van der Waals surface area contributed by atoms with Gasteiger partial charge in [-0.25, -0.2) is 4.79 Å². The number of hydrogen-bond donors (Lipinski definition) is 1. The molecule has 3 rings (SSSR count). The van der Waals surface area contributed by atoms with Crippen molar-refractivity contribution in [3.63, 3.8) is 0 Å². The number of carbonyl (C=O) groups is 2. The third-order valence-electron chi connectivity index (χ3n) is 4.62. The van der Waals surface area contributed by atoms with E-state index in [0.717, 1.165) is 4.68 Å². The molecule has 1 aromatic heterocycles. The lowest BCUT2D eigenvalue weighted by Crippen LogP contribution is -2.37. The van der Waals surface area contributed by atoms with E-state index in [-0.39, 0.29) is 22.2 Å². The Morgan fingerprint density at radius 1 is 1.22 bits per heavy atom. The van der Waals surface area contributed by atoms with Crippen molar-refractivity contribution in [2.24, 2.45) is 5.92 Å². The molecule has 0 aliphatic carbocycles. The second kappa shape index (κ2) is 7.79. The van der Waals surface area contributed by atoms with Crippen molar-refractivity contribution < 1.29 is 19.4 Å².